The molecule has 0 atom stereocenters. The summed E-state index contributed by atoms with van der Waals surface area (Å²) in [5.74, 6) is -0.962. The lowest BCUT2D eigenvalue weighted by Crippen LogP contribution is -1.97. The van der Waals surface area contributed by atoms with E-state index in [0.717, 1.165) is 27.1 Å². The predicted molar refractivity (Wildman–Crippen MR) is 75.3 cm³/mol. The first-order valence-electron chi connectivity index (χ1n) is 5.61. The average Bonchev–Trinajstić information content (AvgIpc) is 2.55. The van der Waals surface area contributed by atoms with Crippen LogP contribution in [0.5, 0.6) is 0 Å². The van der Waals surface area contributed by atoms with Crippen molar-refractivity contribution in [2.75, 3.05) is 5.73 Å². The van der Waals surface area contributed by atoms with Crippen LogP contribution in [-0.4, -0.2) is 11.1 Å². The average molecular weight is 261 g/mol. The first-order chi connectivity index (χ1) is 8.40. The third-order valence-corrected chi connectivity index (χ3v) is 4.22. The number of carboxylic acids is 1. The molecule has 0 unspecified atom stereocenters. The molecule has 4 heteroatoms. The van der Waals surface area contributed by atoms with Crippen LogP contribution < -0.4 is 5.73 Å². The summed E-state index contributed by atoms with van der Waals surface area (Å²) >= 11 is 1.24. The van der Waals surface area contributed by atoms with Crippen molar-refractivity contribution in [3.8, 4) is 10.4 Å². The number of aryl methyl sites for hydroxylation is 2. The number of anilines is 1. The number of carboxylic acid groups (broad SMARTS) is 1. The van der Waals surface area contributed by atoms with E-state index >= 15 is 0 Å². The smallest absolute Gasteiger partial charge is 0.348 e. The van der Waals surface area contributed by atoms with Gasteiger partial charge in [0.2, 0.25) is 0 Å². The maximum Gasteiger partial charge on any atom is 0.348 e. The lowest BCUT2D eigenvalue weighted by molar-refractivity contribution is 0.0703. The summed E-state index contributed by atoms with van der Waals surface area (Å²) in [5.41, 5.74) is 10.4. The Hall–Kier alpha value is -1.81. The first kappa shape index (κ1) is 12.6. The van der Waals surface area contributed by atoms with Crippen molar-refractivity contribution in [2.45, 2.75) is 20.8 Å². The number of nitrogen functional groups attached to an aromatic ring is 1. The molecule has 94 valence electrons. The Morgan fingerprint density at radius 1 is 1.17 bits per heavy atom. The molecule has 3 nitrogen and oxygen atoms in total. The zero-order chi connectivity index (χ0) is 13.4. The van der Waals surface area contributed by atoms with Crippen LogP contribution in [0.3, 0.4) is 0 Å². The zero-order valence-corrected chi connectivity index (χ0v) is 11.4. The third-order valence-electron chi connectivity index (χ3n) is 2.87. The normalized spacial score (nSPS) is 10.6. The van der Waals surface area contributed by atoms with Gasteiger partial charge in [0.1, 0.15) is 4.88 Å². The van der Waals surface area contributed by atoms with Gasteiger partial charge < -0.3 is 10.8 Å². The van der Waals surface area contributed by atoms with Gasteiger partial charge in [0.15, 0.2) is 0 Å². The predicted octanol–water partition coefficient (Wildman–Crippen LogP) is 3.62. The lowest BCUT2D eigenvalue weighted by atomic mass is 10.0. The molecule has 0 spiro atoms. The van der Waals surface area contributed by atoms with Gasteiger partial charge in [-0.3, -0.25) is 0 Å². The fraction of sp³-hybridized carbons (Fsp3) is 0.214. The van der Waals surface area contributed by atoms with Gasteiger partial charge in [-0.15, -0.1) is 11.3 Å². The molecule has 0 saturated heterocycles. The van der Waals surface area contributed by atoms with Gasteiger partial charge >= 0.3 is 5.97 Å². The lowest BCUT2D eigenvalue weighted by Gasteiger charge is -2.04. The van der Waals surface area contributed by atoms with E-state index in [0.29, 0.717) is 5.69 Å². The minimum atomic E-state index is -0.962. The van der Waals surface area contributed by atoms with Crippen molar-refractivity contribution in [1.29, 1.82) is 0 Å². The van der Waals surface area contributed by atoms with Gasteiger partial charge in [-0.1, -0.05) is 29.3 Å². The molecule has 1 aromatic heterocycles. The van der Waals surface area contributed by atoms with Crippen LogP contribution in [0.25, 0.3) is 10.4 Å². The van der Waals surface area contributed by atoms with Gasteiger partial charge in [-0.25, -0.2) is 4.79 Å². The summed E-state index contributed by atoms with van der Waals surface area (Å²) in [4.78, 5) is 12.2. The van der Waals surface area contributed by atoms with E-state index in [2.05, 4.69) is 18.2 Å². The van der Waals surface area contributed by atoms with Gasteiger partial charge in [-0.2, -0.15) is 0 Å². The van der Waals surface area contributed by atoms with Gasteiger partial charge in [-0.05, 0) is 31.9 Å². The molecule has 0 aliphatic heterocycles. The second kappa shape index (κ2) is 4.46. The quantitative estimate of drug-likeness (QED) is 0.867. The van der Waals surface area contributed by atoms with Crippen LogP contribution in [0.15, 0.2) is 18.2 Å². The highest BCUT2D eigenvalue weighted by Crippen LogP contribution is 2.38. The van der Waals surface area contributed by atoms with E-state index in [1.165, 1.54) is 11.3 Å². The molecule has 1 aromatic carbocycles. The molecule has 2 rings (SSSR count). The Kier molecular flexibility index (Phi) is 3.13. The summed E-state index contributed by atoms with van der Waals surface area (Å²) < 4.78 is 0. The molecule has 3 N–H and O–H groups in total. The van der Waals surface area contributed by atoms with E-state index in [4.69, 9.17) is 10.8 Å². The van der Waals surface area contributed by atoms with Crippen LogP contribution in [0, 0.1) is 20.8 Å². The SMILES string of the molecule is Cc1cc(C)cc(-c2sc(C(=O)O)c(N)c2C)c1. The van der Waals surface area contributed by atoms with Gasteiger partial charge in [0.05, 0.1) is 5.69 Å². The highest BCUT2D eigenvalue weighted by atomic mass is 32.1. The van der Waals surface area contributed by atoms with Crippen molar-refractivity contribution in [3.05, 3.63) is 39.8 Å². The van der Waals surface area contributed by atoms with Crippen LogP contribution in [0.2, 0.25) is 0 Å². The number of hydrogen-bond donors (Lipinski definition) is 2. The minimum Gasteiger partial charge on any atom is -0.477 e. The minimum absolute atomic E-state index is 0.224. The van der Waals surface area contributed by atoms with E-state index in [1.807, 2.05) is 20.8 Å². The van der Waals surface area contributed by atoms with E-state index in [9.17, 15) is 4.79 Å². The number of rotatable bonds is 2. The van der Waals surface area contributed by atoms with Gasteiger partial charge in [0, 0.05) is 4.88 Å². The Labute approximate surface area is 110 Å². The van der Waals surface area contributed by atoms with Crippen molar-refractivity contribution >= 4 is 23.0 Å². The van der Waals surface area contributed by atoms with Crippen molar-refractivity contribution in [2.24, 2.45) is 0 Å². The molecule has 0 saturated carbocycles. The molecular weight excluding hydrogens is 246 g/mol. The maximum absolute atomic E-state index is 11.1. The second-order valence-electron chi connectivity index (χ2n) is 4.48. The Morgan fingerprint density at radius 2 is 1.72 bits per heavy atom. The molecular formula is C14H15NO2S. The standard InChI is InChI=1S/C14H15NO2S/c1-7-4-8(2)6-10(5-7)12-9(3)11(15)13(18-12)14(16)17/h4-6H,15H2,1-3H3,(H,16,17). The van der Waals surface area contributed by atoms with Crippen LogP contribution >= 0.6 is 11.3 Å². The molecule has 0 bridgehead atoms. The Morgan fingerprint density at radius 3 is 2.17 bits per heavy atom. The van der Waals surface area contributed by atoms with Crippen molar-refractivity contribution in [1.82, 2.24) is 0 Å². The highest BCUT2D eigenvalue weighted by molar-refractivity contribution is 7.18. The number of aromatic carboxylic acids is 1. The van der Waals surface area contributed by atoms with Crippen molar-refractivity contribution < 1.29 is 9.90 Å². The monoisotopic (exact) mass is 261 g/mol. The molecule has 1 heterocycles. The number of hydrogen-bond acceptors (Lipinski definition) is 3. The molecule has 0 fully saturated rings. The van der Waals surface area contributed by atoms with Crippen LogP contribution in [0.1, 0.15) is 26.4 Å². The fourth-order valence-electron chi connectivity index (χ4n) is 2.07. The molecule has 18 heavy (non-hydrogen) atoms. The summed E-state index contributed by atoms with van der Waals surface area (Å²) in [6.07, 6.45) is 0. The fourth-order valence-corrected chi connectivity index (χ4v) is 3.12. The number of benzene rings is 1. The molecule has 0 amide bonds. The number of nitrogens with two attached hydrogens (primary N) is 1. The van der Waals surface area contributed by atoms with E-state index < -0.39 is 5.97 Å². The topological polar surface area (TPSA) is 63.3 Å². The second-order valence-corrected chi connectivity index (χ2v) is 5.50. The molecule has 0 radical (unpaired) electrons. The Bertz CT molecular complexity index is 609. The van der Waals surface area contributed by atoms with E-state index in [1.54, 1.807) is 0 Å². The molecule has 0 aliphatic rings. The summed E-state index contributed by atoms with van der Waals surface area (Å²) in [7, 11) is 0. The summed E-state index contributed by atoms with van der Waals surface area (Å²) in [6.45, 7) is 5.92. The zero-order valence-electron chi connectivity index (χ0n) is 10.6. The molecule has 2 aromatic rings. The maximum atomic E-state index is 11.1. The largest absolute Gasteiger partial charge is 0.477 e. The van der Waals surface area contributed by atoms with Crippen molar-refractivity contribution in [3.63, 3.8) is 0 Å². The summed E-state index contributed by atoms with van der Waals surface area (Å²) in [5, 5.41) is 9.09. The molecule has 0 aliphatic carbocycles. The third kappa shape index (κ3) is 2.11. The first-order valence-corrected chi connectivity index (χ1v) is 6.42. The summed E-state index contributed by atoms with van der Waals surface area (Å²) in [6, 6.07) is 6.20. The van der Waals surface area contributed by atoms with E-state index in [-0.39, 0.29) is 4.88 Å². The number of thiophene rings is 1. The van der Waals surface area contributed by atoms with Crippen LogP contribution in [-0.2, 0) is 0 Å². The number of carbonyl (C=O) groups is 1. The van der Waals surface area contributed by atoms with Crippen LogP contribution in [0.4, 0.5) is 5.69 Å². The Balaban J connectivity index is 2.64. The highest BCUT2D eigenvalue weighted by Gasteiger charge is 2.18. The van der Waals surface area contributed by atoms with Gasteiger partial charge in [0.25, 0.3) is 0 Å².